The fraction of sp³-hybridized carbons (Fsp3) is 0.269. The number of rotatable bonds is 7. The molecule has 6 heteroatoms. The van der Waals surface area contributed by atoms with Gasteiger partial charge in [-0.3, -0.25) is 4.79 Å². The highest BCUT2D eigenvalue weighted by molar-refractivity contribution is 7.89. The molecule has 0 atom stereocenters. The second-order valence-electron chi connectivity index (χ2n) is 8.35. The Labute approximate surface area is 191 Å². The van der Waals surface area contributed by atoms with Crippen LogP contribution in [-0.2, 0) is 21.4 Å². The summed E-state index contributed by atoms with van der Waals surface area (Å²) in [4.78, 5) is 13.2. The lowest BCUT2D eigenvalue weighted by molar-refractivity contribution is -0.116. The Morgan fingerprint density at radius 3 is 2.06 bits per heavy atom. The third-order valence-electron chi connectivity index (χ3n) is 5.39. The summed E-state index contributed by atoms with van der Waals surface area (Å²) < 4.78 is 28.7. The summed E-state index contributed by atoms with van der Waals surface area (Å²) in [5.41, 5.74) is 5.80. The molecule has 0 heterocycles. The first-order chi connectivity index (χ1) is 15.1. The summed E-state index contributed by atoms with van der Waals surface area (Å²) in [7, 11) is -3.91. The van der Waals surface area contributed by atoms with Crippen LogP contribution in [0.5, 0.6) is 0 Å². The Balaban J connectivity index is 1.97. The zero-order chi connectivity index (χ0) is 23.5. The summed E-state index contributed by atoms with van der Waals surface area (Å²) in [6.45, 7) is 9.22. The number of sulfonamides is 1. The fourth-order valence-corrected chi connectivity index (χ4v) is 5.73. The summed E-state index contributed by atoms with van der Waals surface area (Å²) in [6.07, 6.45) is 0. The number of aryl methyl sites for hydroxylation is 5. The van der Waals surface area contributed by atoms with Crippen molar-refractivity contribution in [2.45, 2.75) is 46.1 Å². The smallest absolute Gasteiger partial charge is 0.244 e. The fourth-order valence-electron chi connectivity index (χ4n) is 3.94. The van der Waals surface area contributed by atoms with Gasteiger partial charge in [0.15, 0.2) is 0 Å². The molecule has 3 rings (SSSR count). The molecule has 0 unspecified atom stereocenters. The zero-order valence-electron chi connectivity index (χ0n) is 19.3. The zero-order valence-corrected chi connectivity index (χ0v) is 20.1. The van der Waals surface area contributed by atoms with Gasteiger partial charge in [0.25, 0.3) is 0 Å². The molecule has 0 spiro atoms. The minimum absolute atomic E-state index is 0.107. The van der Waals surface area contributed by atoms with E-state index >= 15 is 0 Å². The van der Waals surface area contributed by atoms with Crippen molar-refractivity contribution < 1.29 is 13.2 Å². The van der Waals surface area contributed by atoms with E-state index in [-0.39, 0.29) is 23.9 Å². The molecule has 0 saturated carbocycles. The Hall–Kier alpha value is -2.96. The predicted molar refractivity (Wildman–Crippen MR) is 129 cm³/mol. The molecule has 3 aromatic rings. The van der Waals surface area contributed by atoms with E-state index in [1.165, 1.54) is 4.31 Å². The van der Waals surface area contributed by atoms with Crippen LogP contribution < -0.4 is 5.32 Å². The molecule has 3 aromatic carbocycles. The monoisotopic (exact) mass is 450 g/mol. The number of anilines is 1. The Morgan fingerprint density at radius 2 is 1.44 bits per heavy atom. The van der Waals surface area contributed by atoms with E-state index in [0.717, 1.165) is 22.3 Å². The number of benzene rings is 3. The van der Waals surface area contributed by atoms with Gasteiger partial charge in [-0.05, 0) is 68.5 Å². The molecule has 0 aliphatic carbocycles. The third-order valence-corrected chi connectivity index (χ3v) is 7.49. The molecule has 1 amide bonds. The molecule has 0 radical (unpaired) electrons. The van der Waals surface area contributed by atoms with Gasteiger partial charge in [0.05, 0.1) is 11.4 Å². The third kappa shape index (κ3) is 5.44. The number of amides is 1. The van der Waals surface area contributed by atoms with Crippen LogP contribution in [0.1, 0.15) is 33.4 Å². The highest BCUT2D eigenvalue weighted by Crippen LogP contribution is 2.27. The molecule has 0 bridgehead atoms. The van der Waals surface area contributed by atoms with Crippen LogP contribution in [-0.4, -0.2) is 25.2 Å². The molecule has 32 heavy (non-hydrogen) atoms. The first-order valence-electron chi connectivity index (χ1n) is 10.6. The molecule has 0 aliphatic rings. The number of carbonyl (C=O) groups is 1. The van der Waals surface area contributed by atoms with Gasteiger partial charge in [0.2, 0.25) is 15.9 Å². The van der Waals surface area contributed by atoms with Crippen LogP contribution >= 0.6 is 0 Å². The lowest BCUT2D eigenvalue weighted by Gasteiger charge is -2.24. The van der Waals surface area contributed by atoms with Crippen LogP contribution in [0.25, 0.3) is 0 Å². The van der Waals surface area contributed by atoms with Crippen molar-refractivity contribution in [1.29, 1.82) is 0 Å². The number of nitrogens with zero attached hydrogens (tertiary/aromatic N) is 1. The number of nitrogens with one attached hydrogen (secondary N) is 1. The van der Waals surface area contributed by atoms with Crippen molar-refractivity contribution >= 4 is 21.6 Å². The van der Waals surface area contributed by atoms with Crippen LogP contribution in [0.3, 0.4) is 0 Å². The van der Waals surface area contributed by atoms with Gasteiger partial charge < -0.3 is 5.32 Å². The van der Waals surface area contributed by atoms with Gasteiger partial charge in [-0.1, -0.05) is 60.2 Å². The summed E-state index contributed by atoms with van der Waals surface area (Å²) >= 11 is 0. The lowest BCUT2D eigenvalue weighted by atomic mass is 10.1. The Bertz CT molecular complexity index is 1210. The van der Waals surface area contributed by atoms with Gasteiger partial charge in [-0.25, -0.2) is 8.42 Å². The topological polar surface area (TPSA) is 66.5 Å². The predicted octanol–water partition coefficient (Wildman–Crippen LogP) is 5.06. The van der Waals surface area contributed by atoms with Gasteiger partial charge in [0.1, 0.15) is 0 Å². The van der Waals surface area contributed by atoms with Crippen LogP contribution in [0.2, 0.25) is 0 Å². The standard InChI is InChI=1S/C26H30N2O3S/c1-18-11-12-20(3)24(15-18)27-25(29)17-28(16-23-9-7-6-8-10-23)32(30,31)26-21(4)13-19(2)14-22(26)5/h6-15H,16-17H2,1-5H3,(H,27,29). The summed E-state index contributed by atoms with van der Waals surface area (Å²) in [5.74, 6) is -0.374. The Morgan fingerprint density at radius 1 is 0.812 bits per heavy atom. The number of carbonyl (C=O) groups excluding carboxylic acids is 1. The first-order valence-corrected chi connectivity index (χ1v) is 12.0. The average molecular weight is 451 g/mol. The highest BCUT2D eigenvalue weighted by Gasteiger charge is 2.30. The van der Waals surface area contributed by atoms with E-state index in [1.807, 2.05) is 81.4 Å². The normalized spacial score (nSPS) is 11.6. The molecular formula is C26H30N2O3S. The Kier molecular flexibility index (Phi) is 7.16. The first kappa shape index (κ1) is 23.7. The van der Waals surface area contributed by atoms with Crippen molar-refractivity contribution in [3.8, 4) is 0 Å². The maximum atomic E-state index is 13.7. The van der Waals surface area contributed by atoms with Crippen LogP contribution in [0.15, 0.2) is 65.6 Å². The van der Waals surface area contributed by atoms with Crippen molar-refractivity contribution in [3.63, 3.8) is 0 Å². The largest absolute Gasteiger partial charge is 0.325 e. The highest BCUT2D eigenvalue weighted by atomic mass is 32.2. The second-order valence-corrected chi connectivity index (χ2v) is 10.2. The lowest BCUT2D eigenvalue weighted by Crippen LogP contribution is -2.38. The molecule has 0 aromatic heterocycles. The van der Waals surface area contributed by atoms with Crippen molar-refractivity contribution in [1.82, 2.24) is 4.31 Å². The average Bonchev–Trinajstić information content (AvgIpc) is 2.70. The van der Waals surface area contributed by atoms with E-state index in [9.17, 15) is 13.2 Å². The molecule has 1 N–H and O–H groups in total. The molecule has 0 aliphatic heterocycles. The van der Waals surface area contributed by atoms with E-state index in [0.29, 0.717) is 16.8 Å². The van der Waals surface area contributed by atoms with Crippen LogP contribution in [0.4, 0.5) is 5.69 Å². The van der Waals surface area contributed by atoms with E-state index in [2.05, 4.69) is 5.32 Å². The van der Waals surface area contributed by atoms with Gasteiger partial charge in [-0.15, -0.1) is 0 Å². The van der Waals surface area contributed by atoms with Gasteiger partial charge in [-0.2, -0.15) is 4.31 Å². The van der Waals surface area contributed by atoms with Crippen molar-refractivity contribution in [2.75, 3.05) is 11.9 Å². The quantitative estimate of drug-likeness (QED) is 0.547. The molecule has 168 valence electrons. The van der Waals surface area contributed by atoms with Gasteiger partial charge >= 0.3 is 0 Å². The molecule has 0 saturated heterocycles. The molecule has 5 nitrogen and oxygen atoms in total. The van der Waals surface area contributed by atoms with E-state index in [1.54, 1.807) is 13.8 Å². The number of hydrogen-bond acceptors (Lipinski definition) is 3. The second kappa shape index (κ2) is 9.67. The summed E-state index contributed by atoms with van der Waals surface area (Å²) in [5, 5.41) is 2.88. The molecule has 0 fully saturated rings. The van der Waals surface area contributed by atoms with E-state index in [4.69, 9.17) is 0 Å². The molecular weight excluding hydrogens is 420 g/mol. The SMILES string of the molecule is Cc1cc(C)c(S(=O)(=O)N(CC(=O)Nc2cc(C)ccc2C)Cc2ccccc2)c(C)c1. The van der Waals surface area contributed by atoms with Crippen molar-refractivity contribution in [3.05, 3.63) is 94.0 Å². The van der Waals surface area contributed by atoms with Crippen molar-refractivity contribution in [2.24, 2.45) is 0 Å². The van der Waals surface area contributed by atoms with Gasteiger partial charge in [0, 0.05) is 12.2 Å². The minimum atomic E-state index is -3.91. The minimum Gasteiger partial charge on any atom is -0.325 e. The van der Waals surface area contributed by atoms with Crippen LogP contribution in [0, 0.1) is 34.6 Å². The van der Waals surface area contributed by atoms with E-state index < -0.39 is 10.0 Å². The number of hydrogen-bond donors (Lipinski definition) is 1. The maximum absolute atomic E-state index is 13.7. The summed E-state index contributed by atoms with van der Waals surface area (Å²) in [6, 6.07) is 18.8. The maximum Gasteiger partial charge on any atom is 0.244 e.